The van der Waals surface area contributed by atoms with Gasteiger partial charge in [-0.1, -0.05) is 0 Å². The summed E-state index contributed by atoms with van der Waals surface area (Å²) in [7, 11) is 0. The molecule has 0 bridgehead atoms. The Morgan fingerprint density at radius 3 is 2.47 bits per heavy atom. The minimum Gasteiger partial charge on any atom is -0.352 e. The van der Waals surface area contributed by atoms with Crippen molar-refractivity contribution in [2.45, 2.75) is 57.5 Å². The number of nitrogens with one attached hydrogen (secondary N) is 2. The quantitative estimate of drug-likeness (QED) is 0.772. The number of likely N-dealkylation sites (tertiary alicyclic amines) is 1. The molecular formula is C14H25N3O2. The highest BCUT2D eigenvalue weighted by molar-refractivity contribution is 5.86. The van der Waals surface area contributed by atoms with Crippen molar-refractivity contribution in [3.8, 4) is 0 Å². The molecule has 2 aliphatic rings. The van der Waals surface area contributed by atoms with Crippen LogP contribution in [0.4, 0.5) is 0 Å². The summed E-state index contributed by atoms with van der Waals surface area (Å²) in [4.78, 5) is 25.5. The second kappa shape index (κ2) is 5.90. The molecule has 0 aromatic heterocycles. The molecule has 0 aromatic carbocycles. The van der Waals surface area contributed by atoms with Crippen molar-refractivity contribution in [1.29, 1.82) is 0 Å². The van der Waals surface area contributed by atoms with E-state index in [1.165, 1.54) is 0 Å². The maximum absolute atomic E-state index is 12.3. The van der Waals surface area contributed by atoms with Crippen LogP contribution in [0.2, 0.25) is 0 Å². The van der Waals surface area contributed by atoms with Gasteiger partial charge in [0.05, 0.1) is 5.54 Å². The van der Waals surface area contributed by atoms with E-state index in [9.17, 15) is 9.59 Å². The van der Waals surface area contributed by atoms with E-state index in [0.717, 1.165) is 51.7 Å². The lowest BCUT2D eigenvalue weighted by molar-refractivity contribution is -0.131. The molecule has 1 atom stereocenters. The Bertz CT molecular complexity index is 343. The van der Waals surface area contributed by atoms with Crippen molar-refractivity contribution < 1.29 is 9.59 Å². The maximum Gasteiger partial charge on any atom is 0.240 e. The normalized spacial score (nSPS) is 29.1. The van der Waals surface area contributed by atoms with Gasteiger partial charge in [-0.05, 0) is 45.6 Å². The van der Waals surface area contributed by atoms with Crippen molar-refractivity contribution >= 4 is 11.8 Å². The Hall–Kier alpha value is -1.10. The molecule has 108 valence electrons. The number of rotatable bonds is 2. The van der Waals surface area contributed by atoms with Gasteiger partial charge in [0.2, 0.25) is 11.8 Å². The van der Waals surface area contributed by atoms with E-state index in [2.05, 4.69) is 10.6 Å². The molecule has 2 saturated heterocycles. The summed E-state index contributed by atoms with van der Waals surface area (Å²) in [6.07, 6.45) is 4.90. The molecule has 0 spiro atoms. The van der Waals surface area contributed by atoms with Gasteiger partial charge in [-0.2, -0.15) is 0 Å². The van der Waals surface area contributed by atoms with E-state index in [1.807, 2.05) is 11.8 Å². The van der Waals surface area contributed by atoms with Crippen molar-refractivity contribution in [2.75, 3.05) is 19.6 Å². The van der Waals surface area contributed by atoms with Gasteiger partial charge in [0, 0.05) is 26.1 Å². The summed E-state index contributed by atoms with van der Waals surface area (Å²) in [5, 5.41) is 6.48. The first-order chi connectivity index (χ1) is 9.01. The predicted molar refractivity (Wildman–Crippen MR) is 73.7 cm³/mol. The SMILES string of the molecule is CC(=O)N1CCC(NC(=O)C2(C)CCCCN2)CC1. The van der Waals surface area contributed by atoms with Crippen LogP contribution in [0, 0.1) is 0 Å². The minimum atomic E-state index is -0.407. The average molecular weight is 267 g/mol. The van der Waals surface area contributed by atoms with Crippen molar-refractivity contribution in [2.24, 2.45) is 0 Å². The molecule has 2 fully saturated rings. The number of carbonyl (C=O) groups is 2. The summed E-state index contributed by atoms with van der Waals surface area (Å²) in [5.41, 5.74) is -0.407. The summed E-state index contributed by atoms with van der Waals surface area (Å²) < 4.78 is 0. The van der Waals surface area contributed by atoms with Crippen LogP contribution in [0.5, 0.6) is 0 Å². The standard InChI is InChI=1S/C14H25N3O2/c1-11(18)17-9-5-12(6-10-17)16-13(19)14(2)7-3-4-8-15-14/h12,15H,3-10H2,1-2H3,(H,16,19). The maximum atomic E-state index is 12.3. The third kappa shape index (κ3) is 3.47. The van der Waals surface area contributed by atoms with E-state index in [4.69, 9.17) is 0 Å². The van der Waals surface area contributed by atoms with E-state index >= 15 is 0 Å². The highest BCUT2D eigenvalue weighted by Gasteiger charge is 2.35. The second-order valence-corrected chi connectivity index (χ2v) is 5.97. The third-order valence-corrected chi connectivity index (χ3v) is 4.40. The zero-order chi connectivity index (χ0) is 13.9. The molecule has 5 nitrogen and oxygen atoms in total. The molecule has 2 amide bonds. The first-order valence-corrected chi connectivity index (χ1v) is 7.33. The smallest absolute Gasteiger partial charge is 0.240 e. The molecule has 0 aromatic rings. The van der Waals surface area contributed by atoms with Crippen LogP contribution >= 0.6 is 0 Å². The van der Waals surface area contributed by atoms with Crippen LogP contribution in [0.15, 0.2) is 0 Å². The lowest BCUT2D eigenvalue weighted by atomic mass is 9.89. The summed E-state index contributed by atoms with van der Waals surface area (Å²) in [6, 6.07) is 0.212. The zero-order valence-corrected chi connectivity index (χ0v) is 12.0. The number of carbonyl (C=O) groups excluding carboxylic acids is 2. The summed E-state index contributed by atoms with van der Waals surface area (Å²) >= 11 is 0. The van der Waals surface area contributed by atoms with Crippen LogP contribution in [-0.4, -0.2) is 47.9 Å². The summed E-state index contributed by atoms with van der Waals surface area (Å²) in [6.45, 7) is 6.03. The number of hydrogen-bond acceptors (Lipinski definition) is 3. The Kier molecular flexibility index (Phi) is 4.45. The molecule has 2 aliphatic heterocycles. The monoisotopic (exact) mass is 267 g/mol. The first-order valence-electron chi connectivity index (χ1n) is 7.33. The number of hydrogen-bond donors (Lipinski definition) is 2. The Balaban J connectivity index is 1.82. The molecule has 19 heavy (non-hydrogen) atoms. The molecule has 5 heteroatoms. The van der Waals surface area contributed by atoms with E-state index in [0.29, 0.717) is 0 Å². The summed E-state index contributed by atoms with van der Waals surface area (Å²) in [5.74, 6) is 0.249. The van der Waals surface area contributed by atoms with Gasteiger partial charge >= 0.3 is 0 Å². The molecule has 0 radical (unpaired) electrons. The second-order valence-electron chi connectivity index (χ2n) is 5.97. The van der Waals surface area contributed by atoms with Gasteiger partial charge in [0.15, 0.2) is 0 Å². The lowest BCUT2D eigenvalue weighted by Gasteiger charge is -2.37. The Labute approximate surface area is 115 Å². The van der Waals surface area contributed by atoms with Gasteiger partial charge in [0.1, 0.15) is 0 Å². The van der Waals surface area contributed by atoms with Crippen LogP contribution in [0.3, 0.4) is 0 Å². The Morgan fingerprint density at radius 1 is 1.26 bits per heavy atom. The molecule has 2 rings (SSSR count). The van der Waals surface area contributed by atoms with Crippen LogP contribution in [-0.2, 0) is 9.59 Å². The molecule has 1 unspecified atom stereocenters. The van der Waals surface area contributed by atoms with Crippen LogP contribution in [0.1, 0.15) is 46.0 Å². The van der Waals surface area contributed by atoms with Gasteiger partial charge < -0.3 is 15.5 Å². The number of piperidine rings is 2. The van der Waals surface area contributed by atoms with Crippen molar-refractivity contribution in [3.63, 3.8) is 0 Å². The van der Waals surface area contributed by atoms with Gasteiger partial charge in [-0.25, -0.2) is 0 Å². The Morgan fingerprint density at radius 2 is 1.95 bits per heavy atom. The largest absolute Gasteiger partial charge is 0.352 e. The predicted octanol–water partition coefficient (Wildman–Crippen LogP) is 0.646. The topological polar surface area (TPSA) is 61.4 Å². The number of nitrogens with zero attached hydrogens (tertiary/aromatic N) is 1. The molecule has 0 aliphatic carbocycles. The van der Waals surface area contributed by atoms with Gasteiger partial charge in [-0.3, -0.25) is 9.59 Å². The fourth-order valence-corrected chi connectivity index (χ4v) is 2.93. The fourth-order valence-electron chi connectivity index (χ4n) is 2.93. The molecular weight excluding hydrogens is 242 g/mol. The minimum absolute atomic E-state index is 0.119. The van der Waals surface area contributed by atoms with E-state index < -0.39 is 5.54 Å². The van der Waals surface area contributed by atoms with Gasteiger partial charge in [-0.15, -0.1) is 0 Å². The first kappa shape index (κ1) is 14.3. The zero-order valence-electron chi connectivity index (χ0n) is 12.0. The van der Waals surface area contributed by atoms with E-state index in [1.54, 1.807) is 6.92 Å². The third-order valence-electron chi connectivity index (χ3n) is 4.40. The molecule has 2 N–H and O–H groups in total. The van der Waals surface area contributed by atoms with Crippen LogP contribution < -0.4 is 10.6 Å². The fraction of sp³-hybridized carbons (Fsp3) is 0.857. The van der Waals surface area contributed by atoms with Crippen molar-refractivity contribution in [3.05, 3.63) is 0 Å². The molecule has 2 heterocycles. The van der Waals surface area contributed by atoms with Crippen LogP contribution in [0.25, 0.3) is 0 Å². The van der Waals surface area contributed by atoms with E-state index in [-0.39, 0.29) is 17.9 Å². The van der Waals surface area contributed by atoms with Crippen molar-refractivity contribution in [1.82, 2.24) is 15.5 Å². The highest BCUT2D eigenvalue weighted by Crippen LogP contribution is 2.20. The lowest BCUT2D eigenvalue weighted by Crippen LogP contribution is -2.59. The molecule has 0 saturated carbocycles. The highest BCUT2D eigenvalue weighted by atomic mass is 16.2. The number of amides is 2. The average Bonchev–Trinajstić information content (AvgIpc) is 2.40. The van der Waals surface area contributed by atoms with Gasteiger partial charge in [0.25, 0.3) is 0 Å².